The molecule has 0 heterocycles. The van der Waals surface area contributed by atoms with Crippen LogP contribution in [0.3, 0.4) is 0 Å². The van der Waals surface area contributed by atoms with Gasteiger partial charge in [-0.3, -0.25) is 0 Å². The van der Waals surface area contributed by atoms with Crippen molar-refractivity contribution in [1.82, 2.24) is 5.32 Å². The maximum absolute atomic E-state index is 5.62. The van der Waals surface area contributed by atoms with E-state index in [0.717, 1.165) is 5.75 Å². The van der Waals surface area contributed by atoms with Gasteiger partial charge in [-0.05, 0) is 58.4 Å². The van der Waals surface area contributed by atoms with Gasteiger partial charge in [0.15, 0.2) is 0 Å². The summed E-state index contributed by atoms with van der Waals surface area (Å²) in [6, 6.07) is 0. The van der Waals surface area contributed by atoms with E-state index >= 15 is 0 Å². The molecule has 0 amide bonds. The smallest absolute Gasteiger partial charge is 0.127 e. The molecule has 3 heteroatoms. The number of methoxy groups -OCH3 is 1. The predicted molar refractivity (Wildman–Crippen MR) is 77.0 cm³/mol. The lowest BCUT2D eigenvalue weighted by molar-refractivity contribution is 0.370. The first-order valence-electron chi connectivity index (χ1n) is 5.80. The largest absolute Gasteiger partial charge is 0.496 e. The Morgan fingerprint density at radius 1 is 1.06 bits per heavy atom. The predicted octanol–water partition coefficient (Wildman–Crippen LogP) is 3.84. The monoisotopic (exact) mass is 299 g/mol. The van der Waals surface area contributed by atoms with Crippen molar-refractivity contribution in [3.8, 4) is 5.75 Å². The number of ether oxygens (including phenoxy) is 1. The maximum Gasteiger partial charge on any atom is 0.127 e. The molecule has 0 saturated carbocycles. The Hall–Kier alpha value is -0.540. The van der Waals surface area contributed by atoms with Gasteiger partial charge in [0, 0.05) is 15.6 Å². The van der Waals surface area contributed by atoms with E-state index in [-0.39, 0.29) is 5.54 Å². The molecule has 1 rings (SSSR count). The summed E-state index contributed by atoms with van der Waals surface area (Å²) in [6.07, 6.45) is 0. The van der Waals surface area contributed by atoms with Crippen molar-refractivity contribution < 1.29 is 4.74 Å². The van der Waals surface area contributed by atoms with Crippen molar-refractivity contribution in [2.75, 3.05) is 14.2 Å². The lowest BCUT2D eigenvalue weighted by Crippen LogP contribution is -2.34. The Bertz CT molecular complexity index is 439. The molecule has 0 bridgehead atoms. The Morgan fingerprint density at radius 2 is 1.59 bits per heavy atom. The molecule has 0 atom stereocenters. The van der Waals surface area contributed by atoms with Crippen molar-refractivity contribution in [1.29, 1.82) is 0 Å². The fourth-order valence-corrected chi connectivity index (χ4v) is 2.71. The van der Waals surface area contributed by atoms with Gasteiger partial charge in [0.25, 0.3) is 0 Å². The van der Waals surface area contributed by atoms with E-state index in [4.69, 9.17) is 4.74 Å². The van der Waals surface area contributed by atoms with Gasteiger partial charge in [0.2, 0.25) is 0 Å². The van der Waals surface area contributed by atoms with Gasteiger partial charge >= 0.3 is 0 Å². The first-order chi connectivity index (χ1) is 7.77. The van der Waals surface area contributed by atoms with Crippen LogP contribution in [-0.4, -0.2) is 14.2 Å². The Balaban J connectivity index is 3.70. The van der Waals surface area contributed by atoms with Crippen LogP contribution in [0.25, 0.3) is 0 Å². The zero-order valence-corrected chi connectivity index (χ0v) is 13.4. The number of nitrogens with one attached hydrogen (secondary N) is 1. The third-order valence-corrected chi connectivity index (χ3v) is 4.81. The summed E-state index contributed by atoms with van der Waals surface area (Å²) in [4.78, 5) is 0. The molecule has 0 aliphatic heterocycles. The molecular weight excluding hydrogens is 278 g/mol. The van der Waals surface area contributed by atoms with Crippen LogP contribution in [0.2, 0.25) is 0 Å². The second-order valence-corrected chi connectivity index (χ2v) is 5.77. The molecule has 0 aliphatic rings. The van der Waals surface area contributed by atoms with Gasteiger partial charge in [0.05, 0.1) is 7.11 Å². The van der Waals surface area contributed by atoms with Crippen LogP contribution < -0.4 is 10.1 Å². The van der Waals surface area contributed by atoms with Crippen LogP contribution in [0.5, 0.6) is 5.75 Å². The lowest BCUT2D eigenvalue weighted by atomic mass is 9.86. The van der Waals surface area contributed by atoms with Crippen molar-refractivity contribution in [2.24, 2.45) is 0 Å². The van der Waals surface area contributed by atoms with Gasteiger partial charge in [-0.25, -0.2) is 0 Å². The van der Waals surface area contributed by atoms with E-state index in [1.807, 2.05) is 7.05 Å². The summed E-state index contributed by atoms with van der Waals surface area (Å²) in [6.45, 7) is 10.7. The summed E-state index contributed by atoms with van der Waals surface area (Å²) < 4.78 is 6.80. The van der Waals surface area contributed by atoms with Crippen molar-refractivity contribution in [3.05, 3.63) is 26.7 Å². The fourth-order valence-electron chi connectivity index (χ4n) is 2.22. The highest BCUT2D eigenvalue weighted by molar-refractivity contribution is 9.10. The first-order valence-corrected chi connectivity index (χ1v) is 6.59. The highest BCUT2D eigenvalue weighted by atomic mass is 79.9. The molecule has 17 heavy (non-hydrogen) atoms. The molecule has 0 aliphatic carbocycles. The number of hydrogen-bond acceptors (Lipinski definition) is 2. The maximum atomic E-state index is 5.62. The standard InChI is InChI=1S/C14H22BrNO/c1-8-9(2)13(17-7)11(10(3)12(8)15)14(4,5)16-6/h16H,1-7H3. The molecule has 0 aromatic heterocycles. The van der Waals surface area contributed by atoms with Gasteiger partial charge in [-0.2, -0.15) is 0 Å². The average Bonchev–Trinajstić information content (AvgIpc) is 2.30. The summed E-state index contributed by atoms with van der Waals surface area (Å²) in [7, 11) is 3.71. The fraction of sp³-hybridized carbons (Fsp3) is 0.571. The number of rotatable bonds is 3. The van der Waals surface area contributed by atoms with Crippen LogP contribution in [0.1, 0.15) is 36.1 Å². The lowest BCUT2D eigenvalue weighted by Gasteiger charge is -2.31. The summed E-state index contributed by atoms with van der Waals surface area (Å²) in [5.74, 6) is 0.988. The number of halogens is 1. The zero-order chi connectivity index (χ0) is 13.4. The SMILES string of the molecule is CNC(C)(C)c1c(C)c(Br)c(C)c(C)c1OC. The normalized spacial score (nSPS) is 11.8. The Labute approximate surface area is 113 Å². The van der Waals surface area contributed by atoms with E-state index < -0.39 is 0 Å². The topological polar surface area (TPSA) is 21.3 Å². The van der Waals surface area contributed by atoms with Gasteiger partial charge in [0.1, 0.15) is 5.75 Å². The van der Waals surface area contributed by atoms with Crippen LogP contribution >= 0.6 is 15.9 Å². The minimum Gasteiger partial charge on any atom is -0.496 e. The van der Waals surface area contributed by atoms with Crippen LogP contribution in [0, 0.1) is 20.8 Å². The van der Waals surface area contributed by atoms with E-state index in [1.54, 1.807) is 7.11 Å². The van der Waals surface area contributed by atoms with Crippen molar-refractivity contribution >= 4 is 15.9 Å². The van der Waals surface area contributed by atoms with Crippen LogP contribution in [0.15, 0.2) is 4.47 Å². The first kappa shape index (κ1) is 14.5. The highest BCUT2D eigenvalue weighted by Crippen LogP contribution is 2.41. The zero-order valence-electron chi connectivity index (χ0n) is 11.8. The van der Waals surface area contributed by atoms with E-state index in [0.29, 0.717) is 0 Å². The molecule has 0 saturated heterocycles. The third-order valence-electron chi connectivity index (χ3n) is 3.62. The quantitative estimate of drug-likeness (QED) is 0.916. The third kappa shape index (κ3) is 2.36. The molecule has 0 spiro atoms. The van der Waals surface area contributed by atoms with E-state index in [9.17, 15) is 0 Å². The van der Waals surface area contributed by atoms with Crippen molar-refractivity contribution in [2.45, 2.75) is 40.2 Å². The van der Waals surface area contributed by atoms with E-state index in [2.05, 4.69) is 55.9 Å². The van der Waals surface area contributed by atoms with E-state index in [1.165, 1.54) is 26.7 Å². The number of hydrogen-bond donors (Lipinski definition) is 1. The van der Waals surface area contributed by atoms with Crippen LogP contribution in [0.4, 0.5) is 0 Å². The molecule has 0 radical (unpaired) electrons. The van der Waals surface area contributed by atoms with Gasteiger partial charge < -0.3 is 10.1 Å². The molecule has 1 aromatic rings. The Morgan fingerprint density at radius 3 is 2.00 bits per heavy atom. The minimum atomic E-state index is -0.115. The molecule has 0 unspecified atom stereocenters. The second kappa shape index (κ2) is 4.99. The Kier molecular flexibility index (Phi) is 4.26. The molecule has 0 fully saturated rings. The summed E-state index contributed by atoms with van der Waals surface area (Å²) >= 11 is 3.68. The summed E-state index contributed by atoms with van der Waals surface area (Å²) in [5, 5.41) is 3.35. The molecular formula is C14H22BrNO. The molecule has 96 valence electrons. The molecule has 1 N–H and O–H groups in total. The molecule has 1 aromatic carbocycles. The van der Waals surface area contributed by atoms with Crippen molar-refractivity contribution in [3.63, 3.8) is 0 Å². The molecule has 2 nitrogen and oxygen atoms in total. The average molecular weight is 300 g/mol. The van der Waals surface area contributed by atoms with Gasteiger partial charge in [-0.15, -0.1) is 0 Å². The van der Waals surface area contributed by atoms with Gasteiger partial charge in [-0.1, -0.05) is 15.9 Å². The summed E-state index contributed by atoms with van der Waals surface area (Å²) in [5.41, 5.74) is 4.79. The highest BCUT2D eigenvalue weighted by Gasteiger charge is 2.28. The number of benzene rings is 1. The minimum absolute atomic E-state index is 0.115. The van der Waals surface area contributed by atoms with Crippen LogP contribution in [-0.2, 0) is 5.54 Å². The second-order valence-electron chi connectivity index (χ2n) is 4.97.